The van der Waals surface area contributed by atoms with Crippen LogP contribution < -0.4 is 31.9 Å². The summed E-state index contributed by atoms with van der Waals surface area (Å²) in [5, 5.41) is 1.23. The fraction of sp³-hybridized carbons (Fsp3) is 0.100. The molecule has 0 aliphatic heterocycles. The minimum atomic E-state index is -2.10. The second-order valence-electron chi connectivity index (χ2n) is 7.63. The van der Waals surface area contributed by atoms with E-state index in [-0.39, 0.29) is 39.1 Å². The zero-order valence-corrected chi connectivity index (χ0v) is 18.1. The van der Waals surface area contributed by atoms with Crippen LogP contribution in [0.5, 0.6) is 5.75 Å². The lowest BCUT2D eigenvalue weighted by atomic mass is 9.52. The molecule has 0 saturated carbocycles. The van der Waals surface area contributed by atoms with Gasteiger partial charge in [-0.3, -0.25) is 10.1 Å². The van der Waals surface area contributed by atoms with Gasteiger partial charge in [0.2, 0.25) is 5.95 Å². The van der Waals surface area contributed by atoms with Crippen molar-refractivity contribution in [3.05, 3.63) is 42.5 Å². The van der Waals surface area contributed by atoms with Crippen molar-refractivity contribution < 1.29 is 9.53 Å². The van der Waals surface area contributed by atoms with Crippen molar-refractivity contribution in [3.63, 3.8) is 0 Å². The molecule has 1 N–H and O–H groups in total. The van der Waals surface area contributed by atoms with Gasteiger partial charge in [-0.05, 0) is 11.4 Å². The fourth-order valence-electron chi connectivity index (χ4n) is 3.38. The highest BCUT2D eigenvalue weighted by molar-refractivity contribution is 6.62. The number of ether oxygens (including phenoxy) is 1. The highest BCUT2D eigenvalue weighted by Crippen LogP contribution is 2.23. The van der Waals surface area contributed by atoms with Crippen LogP contribution in [-0.4, -0.2) is 85.6 Å². The van der Waals surface area contributed by atoms with E-state index in [1.165, 1.54) is 0 Å². The van der Waals surface area contributed by atoms with Crippen molar-refractivity contribution >= 4 is 99.5 Å². The Bertz CT molecular complexity index is 1410. The third-order valence-corrected chi connectivity index (χ3v) is 5.03. The number of nitrogens with zero attached hydrogens (tertiary/aromatic N) is 4. The molecule has 0 atom stereocenters. The summed E-state index contributed by atoms with van der Waals surface area (Å²) in [7, 11) is 42.2. The molecule has 2 heterocycles. The molecular weight excluding hydrogens is 418 g/mol. The summed E-state index contributed by atoms with van der Waals surface area (Å²) in [6.45, 7) is 0. The SMILES string of the molecule is [B]c1c([B])c(C(=O)Nc2ncc3ccc(-c4cncn4C)cc3n2)c([B])c([B])c1OC([B])([B])[B]. The minimum absolute atomic E-state index is 0.0146. The van der Waals surface area contributed by atoms with E-state index in [0.717, 1.165) is 16.6 Å². The quantitative estimate of drug-likeness (QED) is 0.342. The number of rotatable bonds is 5. The number of nitrogens with one attached hydrogen (secondary N) is 1. The van der Waals surface area contributed by atoms with Gasteiger partial charge >= 0.3 is 0 Å². The standard InChI is InChI=1S/C20H10B7N5O2/c1-32-7-28-6-11(32)8-2-3-9-5-29-19(30-10(9)4-8)31-18(33)12-13(21)15(23)17(16(24)14(12)22)34-20(25,26)27/h2-7H,1H3,(H,29,30,31,33). The third kappa shape index (κ3) is 4.54. The lowest BCUT2D eigenvalue weighted by Crippen LogP contribution is -2.51. The first kappa shape index (κ1) is 23.9. The predicted molar refractivity (Wildman–Crippen MR) is 138 cm³/mol. The number of carbonyl (C=O) groups excluding carboxylic acids is 1. The van der Waals surface area contributed by atoms with Crippen molar-refractivity contribution in [2.24, 2.45) is 7.05 Å². The van der Waals surface area contributed by atoms with Crippen LogP contribution in [0.3, 0.4) is 0 Å². The van der Waals surface area contributed by atoms with Gasteiger partial charge < -0.3 is 9.30 Å². The monoisotopic (exact) mass is 429 g/mol. The molecule has 14 radical (unpaired) electrons. The van der Waals surface area contributed by atoms with Gasteiger partial charge in [0, 0.05) is 29.8 Å². The van der Waals surface area contributed by atoms with E-state index in [1.54, 1.807) is 18.7 Å². The van der Waals surface area contributed by atoms with E-state index in [4.69, 9.17) is 59.7 Å². The van der Waals surface area contributed by atoms with Gasteiger partial charge in [0.25, 0.3) is 5.91 Å². The number of hydrogen-bond donors (Lipinski definition) is 1. The first-order valence-corrected chi connectivity index (χ1v) is 9.82. The summed E-state index contributed by atoms with van der Waals surface area (Å²) in [6.07, 6.45) is 5.01. The number of aromatic nitrogens is 4. The van der Waals surface area contributed by atoms with Crippen LogP contribution in [0.25, 0.3) is 22.2 Å². The van der Waals surface area contributed by atoms with Crippen molar-refractivity contribution in [2.45, 2.75) is 5.30 Å². The van der Waals surface area contributed by atoms with Crippen LogP contribution in [0.15, 0.2) is 36.9 Å². The second kappa shape index (κ2) is 8.82. The number of aryl methyl sites for hydroxylation is 1. The van der Waals surface area contributed by atoms with E-state index in [9.17, 15) is 4.79 Å². The average Bonchev–Trinajstić information content (AvgIpc) is 3.20. The first-order valence-electron chi connectivity index (χ1n) is 9.82. The molecule has 0 unspecified atom stereocenters. The van der Waals surface area contributed by atoms with Gasteiger partial charge in [0.1, 0.15) is 60.7 Å². The van der Waals surface area contributed by atoms with E-state index >= 15 is 0 Å². The van der Waals surface area contributed by atoms with Crippen LogP contribution in [0.1, 0.15) is 10.4 Å². The maximum absolute atomic E-state index is 13.0. The molecular formula is C20H10B7N5O2. The number of anilines is 1. The number of hydrogen-bond acceptors (Lipinski definition) is 5. The van der Waals surface area contributed by atoms with Crippen molar-refractivity contribution in [1.29, 1.82) is 0 Å². The Hall–Kier alpha value is -3.29. The molecule has 7 nitrogen and oxygen atoms in total. The Morgan fingerprint density at radius 1 is 1.03 bits per heavy atom. The van der Waals surface area contributed by atoms with Gasteiger partial charge in [-0.1, -0.05) is 34.0 Å². The Morgan fingerprint density at radius 3 is 2.29 bits per heavy atom. The highest BCUT2D eigenvalue weighted by Gasteiger charge is 2.22. The molecule has 0 fully saturated rings. The first-order chi connectivity index (χ1) is 16.0. The van der Waals surface area contributed by atoms with E-state index in [0.29, 0.717) is 5.52 Å². The Labute approximate surface area is 205 Å². The minimum Gasteiger partial charge on any atom is -0.517 e. The summed E-state index contributed by atoms with van der Waals surface area (Å²) >= 11 is 0. The number of carbonyl (C=O) groups is 1. The summed E-state index contributed by atoms with van der Waals surface area (Å²) in [6, 6.07) is 5.65. The van der Waals surface area contributed by atoms with Gasteiger partial charge in [-0.15, -0.1) is 0 Å². The summed E-state index contributed by atoms with van der Waals surface area (Å²) in [5.74, 6) is -0.953. The van der Waals surface area contributed by atoms with Gasteiger partial charge in [-0.2, -0.15) is 0 Å². The topological polar surface area (TPSA) is 81.9 Å². The number of fused-ring (bicyclic) bond motifs is 1. The molecule has 4 aromatic rings. The van der Waals surface area contributed by atoms with Crippen LogP contribution in [0.2, 0.25) is 0 Å². The van der Waals surface area contributed by atoms with Gasteiger partial charge in [0.15, 0.2) is 0 Å². The molecule has 0 bridgehead atoms. The van der Waals surface area contributed by atoms with Crippen LogP contribution in [-0.2, 0) is 7.05 Å². The van der Waals surface area contributed by atoms with E-state index in [2.05, 4.69) is 20.3 Å². The molecule has 4 rings (SSSR count). The molecule has 0 spiro atoms. The number of amides is 1. The summed E-state index contributed by atoms with van der Waals surface area (Å²) in [4.78, 5) is 25.7. The molecule has 2 aromatic carbocycles. The Balaban J connectivity index is 1.68. The molecule has 2 aromatic heterocycles. The molecule has 0 saturated heterocycles. The van der Waals surface area contributed by atoms with Gasteiger partial charge in [0.05, 0.1) is 23.7 Å². The molecule has 0 aliphatic rings. The number of imidazole rings is 1. The number of benzene rings is 2. The highest BCUT2D eigenvalue weighted by atomic mass is 16.5. The van der Waals surface area contributed by atoms with Crippen LogP contribution in [0, 0.1) is 0 Å². The maximum atomic E-state index is 13.0. The molecule has 34 heavy (non-hydrogen) atoms. The lowest BCUT2D eigenvalue weighted by Gasteiger charge is -2.29. The summed E-state index contributed by atoms with van der Waals surface area (Å²) < 4.78 is 7.01. The normalized spacial score (nSPS) is 11.4. The molecule has 148 valence electrons. The van der Waals surface area contributed by atoms with E-state index < -0.39 is 11.2 Å². The fourth-order valence-corrected chi connectivity index (χ4v) is 3.38. The van der Waals surface area contributed by atoms with E-state index in [1.807, 2.05) is 29.8 Å². The second-order valence-corrected chi connectivity index (χ2v) is 7.63. The van der Waals surface area contributed by atoms with Crippen LogP contribution >= 0.6 is 0 Å². The average molecular weight is 428 g/mol. The lowest BCUT2D eigenvalue weighted by molar-refractivity contribution is 0.102. The van der Waals surface area contributed by atoms with Gasteiger partial charge in [-0.25, -0.2) is 15.0 Å². The molecule has 14 heteroatoms. The van der Waals surface area contributed by atoms with Crippen LogP contribution in [0.4, 0.5) is 5.95 Å². The van der Waals surface area contributed by atoms with Crippen molar-refractivity contribution in [2.75, 3.05) is 5.32 Å². The Kier molecular flexibility index (Phi) is 6.19. The summed E-state index contributed by atoms with van der Waals surface area (Å²) in [5.41, 5.74) is 1.38. The smallest absolute Gasteiger partial charge is 0.256 e. The molecule has 1 amide bonds. The third-order valence-electron chi connectivity index (χ3n) is 5.03. The largest absolute Gasteiger partial charge is 0.517 e. The zero-order valence-electron chi connectivity index (χ0n) is 18.1. The Morgan fingerprint density at radius 2 is 1.71 bits per heavy atom. The maximum Gasteiger partial charge on any atom is 0.256 e. The zero-order chi connectivity index (χ0) is 24.8. The van der Waals surface area contributed by atoms with Crippen molar-refractivity contribution in [1.82, 2.24) is 19.5 Å². The van der Waals surface area contributed by atoms with Crippen molar-refractivity contribution in [3.8, 4) is 17.0 Å². The molecule has 0 aliphatic carbocycles. The predicted octanol–water partition coefficient (Wildman–Crippen LogP) is -3.05.